The number of amides is 1. The van der Waals surface area contributed by atoms with Crippen molar-refractivity contribution in [2.45, 2.75) is 25.7 Å². The highest BCUT2D eigenvalue weighted by Gasteiger charge is 2.19. The Bertz CT molecular complexity index is 138. The highest BCUT2D eigenvalue weighted by atomic mass is 35.5. The fraction of sp³-hybridized carbons (Fsp3) is 0.875. The molecule has 1 saturated heterocycles. The highest BCUT2D eigenvalue weighted by molar-refractivity contribution is 6.18. The summed E-state index contributed by atoms with van der Waals surface area (Å²) in [6, 6.07) is 0. The number of rotatable bonds is 2. The second-order valence-electron chi connectivity index (χ2n) is 2.96. The molecule has 0 spiro atoms. The molecule has 1 unspecified atom stereocenters. The zero-order valence-corrected chi connectivity index (χ0v) is 7.36. The molecule has 0 radical (unpaired) electrons. The van der Waals surface area contributed by atoms with E-state index in [0.29, 0.717) is 5.88 Å². The van der Waals surface area contributed by atoms with Crippen LogP contribution in [-0.4, -0.2) is 18.3 Å². The summed E-state index contributed by atoms with van der Waals surface area (Å²) in [5.41, 5.74) is 0. The Morgan fingerprint density at radius 2 is 2.36 bits per heavy atom. The zero-order valence-electron chi connectivity index (χ0n) is 6.61. The maximum atomic E-state index is 11.2. The first-order valence-corrected chi connectivity index (χ1v) is 4.71. The van der Waals surface area contributed by atoms with Crippen molar-refractivity contribution in [1.82, 2.24) is 5.32 Å². The van der Waals surface area contributed by atoms with Gasteiger partial charge in [0.1, 0.15) is 0 Å². The summed E-state index contributed by atoms with van der Waals surface area (Å²) in [6.07, 6.45) is 4.11. The Morgan fingerprint density at radius 1 is 1.55 bits per heavy atom. The topological polar surface area (TPSA) is 29.1 Å². The molecule has 1 aliphatic rings. The lowest BCUT2D eigenvalue weighted by molar-refractivity contribution is -0.124. The number of halogens is 1. The van der Waals surface area contributed by atoms with E-state index in [1.54, 1.807) is 0 Å². The second kappa shape index (κ2) is 4.60. The van der Waals surface area contributed by atoms with E-state index in [1.165, 1.54) is 0 Å². The molecule has 1 aliphatic heterocycles. The molecular weight excluding hydrogens is 162 g/mol. The van der Waals surface area contributed by atoms with Crippen LogP contribution in [0.15, 0.2) is 0 Å². The molecule has 64 valence electrons. The van der Waals surface area contributed by atoms with Gasteiger partial charge in [-0.25, -0.2) is 0 Å². The summed E-state index contributed by atoms with van der Waals surface area (Å²) in [7, 11) is 0. The van der Waals surface area contributed by atoms with Crippen molar-refractivity contribution in [2.24, 2.45) is 5.92 Å². The zero-order chi connectivity index (χ0) is 8.10. The molecule has 1 N–H and O–H groups in total. The largest absolute Gasteiger partial charge is 0.356 e. The van der Waals surface area contributed by atoms with Crippen LogP contribution in [0.25, 0.3) is 0 Å². The molecule has 0 bridgehead atoms. The molecule has 2 nitrogen and oxygen atoms in total. The van der Waals surface area contributed by atoms with Gasteiger partial charge >= 0.3 is 0 Å². The Morgan fingerprint density at radius 3 is 3.09 bits per heavy atom. The number of nitrogens with one attached hydrogen (secondary N) is 1. The van der Waals surface area contributed by atoms with Gasteiger partial charge < -0.3 is 5.32 Å². The first-order valence-electron chi connectivity index (χ1n) is 4.18. The van der Waals surface area contributed by atoms with Gasteiger partial charge in [-0.1, -0.05) is 6.42 Å². The monoisotopic (exact) mass is 175 g/mol. The Labute approximate surface area is 72.3 Å². The summed E-state index contributed by atoms with van der Waals surface area (Å²) in [5, 5.41) is 2.88. The second-order valence-corrected chi connectivity index (χ2v) is 3.34. The molecule has 1 amide bonds. The molecule has 0 aromatic heterocycles. The van der Waals surface area contributed by atoms with Crippen LogP contribution in [0.3, 0.4) is 0 Å². The molecule has 1 fully saturated rings. The molecule has 1 atom stereocenters. The van der Waals surface area contributed by atoms with Gasteiger partial charge in [0, 0.05) is 18.3 Å². The fourth-order valence-electron chi connectivity index (χ4n) is 1.41. The first kappa shape index (κ1) is 8.85. The number of carbonyl (C=O) groups is 1. The molecule has 1 rings (SSSR count). The Kier molecular flexibility index (Phi) is 3.70. The summed E-state index contributed by atoms with van der Waals surface area (Å²) in [6.45, 7) is 0.845. The molecule has 0 aromatic rings. The van der Waals surface area contributed by atoms with Gasteiger partial charge in [-0.2, -0.15) is 0 Å². The van der Waals surface area contributed by atoms with Gasteiger partial charge in [-0.3, -0.25) is 4.79 Å². The van der Waals surface area contributed by atoms with Crippen molar-refractivity contribution in [3.63, 3.8) is 0 Å². The molecule has 0 aliphatic carbocycles. The van der Waals surface area contributed by atoms with Gasteiger partial charge in [0.25, 0.3) is 0 Å². The summed E-state index contributed by atoms with van der Waals surface area (Å²) >= 11 is 5.57. The molecule has 11 heavy (non-hydrogen) atoms. The third kappa shape index (κ3) is 2.70. The van der Waals surface area contributed by atoms with Crippen LogP contribution in [0.2, 0.25) is 0 Å². The average molecular weight is 176 g/mol. The quantitative estimate of drug-likeness (QED) is 0.634. The normalized spacial score (nSPS) is 25.9. The molecule has 0 saturated carbocycles. The van der Waals surface area contributed by atoms with Crippen LogP contribution in [0.1, 0.15) is 25.7 Å². The van der Waals surface area contributed by atoms with Crippen molar-refractivity contribution in [2.75, 3.05) is 12.4 Å². The van der Waals surface area contributed by atoms with Crippen molar-refractivity contribution in [3.8, 4) is 0 Å². The van der Waals surface area contributed by atoms with Gasteiger partial charge in [0.2, 0.25) is 5.91 Å². The van der Waals surface area contributed by atoms with Crippen molar-refractivity contribution in [1.29, 1.82) is 0 Å². The average Bonchev–Trinajstić information content (AvgIpc) is 2.18. The van der Waals surface area contributed by atoms with Gasteiger partial charge in [-0.05, 0) is 19.3 Å². The van der Waals surface area contributed by atoms with E-state index in [9.17, 15) is 4.79 Å². The maximum absolute atomic E-state index is 11.2. The van der Waals surface area contributed by atoms with Crippen LogP contribution in [0.5, 0.6) is 0 Å². The van der Waals surface area contributed by atoms with E-state index < -0.39 is 0 Å². The van der Waals surface area contributed by atoms with Crippen LogP contribution >= 0.6 is 11.6 Å². The molecular formula is C8H14ClNO. The van der Waals surface area contributed by atoms with Crippen molar-refractivity contribution in [3.05, 3.63) is 0 Å². The van der Waals surface area contributed by atoms with E-state index in [0.717, 1.165) is 32.2 Å². The minimum absolute atomic E-state index is 0.176. The highest BCUT2D eigenvalue weighted by Crippen LogP contribution is 2.16. The predicted molar refractivity (Wildman–Crippen MR) is 45.7 cm³/mol. The van der Waals surface area contributed by atoms with E-state index in [-0.39, 0.29) is 11.8 Å². The maximum Gasteiger partial charge on any atom is 0.223 e. The van der Waals surface area contributed by atoms with Crippen LogP contribution in [0, 0.1) is 5.92 Å². The van der Waals surface area contributed by atoms with Crippen LogP contribution in [0.4, 0.5) is 0 Å². The Hall–Kier alpha value is -0.240. The molecule has 3 heteroatoms. The van der Waals surface area contributed by atoms with Gasteiger partial charge in [-0.15, -0.1) is 11.6 Å². The third-order valence-electron chi connectivity index (χ3n) is 2.11. The van der Waals surface area contributed by atoms with Gasteiger partial charge in [0.05, 0.1) is 0 Å². The van der Waals surface area contributed by atoms with Crippen molar-refractivity contribution >= 4 is 17.5 Å². The summed E-state index contributed by atoms with van der Waals surface area (Å²) < 4.78 is 0. The van der Waals surface area contributed by atoms with E-state index in [1.807, 2.05) is 0 Å². The number of carbonyl (C=O) groups excluding carboxylic acids is 1. The standard InChI is InChI=1S/C8H14ClNO/c9-5-4-7-3-1-2-6-10-8(7)11/h7H,1-6H2,(H,10,11). The minimum atomic E-state index is 0.176. The summed E-state index contributed by atoms with van der Waals surface area (Å²) in [5.74, 6) is 0.969. The summed E-state index contributed by atoms with van der Waals surface area (Å²) in [4.78, 5) is 11.2. The smallest absolute Gasteiger partial charge is 0.223 e. The van der Waals surface area contributed by atoms with Crippen LogP contribution < -0.4 is 5.32 Å². The predicted octanol–water partition coefficient (Wildman–Crippen LogP) is 1.53. The number of alkyl halides is 1. The Balaban J connectivity index is 2.39. The van der Waals surface area contributed by atoms with Gasteiger partial charge in [0.15, 0.2) is 0 Å². The molecule has 0 aromatic carbocycles. The first-order chi connectivity index (χ1) is 5.34. The lowest BCUT2D eigenvalue weighted by atomic mass is 10.0. The van der Waals surface area contributed by atoms with Crippen molar-refractivity contribution < 1.29 is 4.79 Å². The van der Waals surface area contributed by atoms with Crippen LogP contribution in [-0.2, 0) is 4.79 Å². The third-order valence-corrected chi connectivity index (χ3v) is 2.33. The van der Waals surface area contributed by atoms with E-state index in [2.05, 4.69) is 5.32 Å². The van der Waals surface area contributed by atoms with E-state index >= 15 is 0 Å². The lowest BCUT2D eigenvalue weighted by Crippen LogP contribution is -2.28. The van der Waals surface area contributed by atoms with E-state index in [4.69, 9.17) is 11.6 Å². The molecule has 1 heterocycles. The fourth-order valence-corrected chi connectivity index (χ4v) is 1.67. The lowest BCUT2D eigenvalue weighted by Gasteiger charge is -2.09. The number of hydrogen-bond donors (Lipinski definition) is 1. The number of hydrogen-bond acceptors (Lipinski definition) is 1. The minimum Gasteiger partial charge on any atom is -0.356 e. The SMILES string of the molecule is O=C1NCCCCC1CCCl.